The van der Waals surface area contributed by atoms with Gasteiger partial charge in [0.25, 0.3) is 6.47 Å². The van der Waals surface area contributed by atoms with E-state index in [0.29, 0.717) is 19.3 Å². The molecule has 0 aliphatic rings. The van der Waals surface area contributed by atoms with Crippen molar-refractivity contribution in [2.75, 3.05) is 0 Å². The van der Waals surface area contributed by atoms with E-state index < -0.39 is 59.2 Å². The van der Waals surface area contributed by atoms with Crippen LogP contribution in [0.3, 0.4) is 0 Å². The van der Waals surface area contributed by atoms with Crippen molar-refractivity contribution in [1.82, 2.24) is 5.32 Å². The largest absolute Gasteiger partial charge is 1.00 e. The number of alkyl carbamates (subject to hydrolysis) is 1. The summed E-state index contributed by atoms with van der Waals surface area (Å²) in [6, 6.07) is -1.54. The maximum Gasteiger partial charge on any atom is 1.00 e. The Morgan fingerprint density at radius 1 is 0.773 bits per heavy atom. The summed E-state index contributed by atoms with van der Waals surface area (Å²) in [5.41, 5.74) is 3.13. The van der Waals surface area contributed by atoms with Crippen LogP contribution in [-0.4, -0.2) is 75.9 Å². The molecule has 0 aromatic rings. The van der Waals surface area contributed by atoms with Crippen molar-refractivity contribution in [2.45, 2.75) is 131 Å². The molecule has 2 atom stereocenters. The van der Waals surface area contributed by atoms with Gasteiger partial charge in [0.2, 0.25) is 0 Å². The maximum atomic E-state index is 11.3. The van der Waals surface area contributed by atoms with E-state index in [-0.39, 0.29) is 67.0 Å². The van der Waals surface area contributed by atoms with Gasteiger partial charge in [-0.25, -0.2) is 19.2 Å². The van der Waals surface area contributed by atoms with Crippen LogP contribution in [0.1, 0.15) is 103 Å². The average Bonchev–Trinajstić information content (AvgIpc) is 2.76. The van der Waals surface area contributed by atoms with Crippen LogP contribution in [0.25, 0.3) is 0 Å². The molecule has 5 N–H and O–H groups in total. The molecular weight excluding hydrogens is 610 g/mol. The molecule has 0 fully saturated rings. The normalized spacial score (nSPS) is 11.4. The van der Waals surface area contributed by atoms with Crippen LogP contribution in [0, 0.1) is 0 Å². The Bertz CT molecular complexity index is 804. The molecular formula is C26H50N2Na2O14. The minimum absolute atomic E-state index is 0. The molecule has 18 heteroatoms. The molecule has 0 aromatic heterocycles. The third kappa shape index (κ3) is 47.3. The van der Waals surface area contributed by atoms with E-state index in [0.717, 1.165) is 6.42 Å². The summed E-state index contributed by atoms with van der Waals surface area (Å²) in [4.78, 5) is 65.2. The SMILES string of the molecule is CC(C)(C)OC(=O)OC(=O)OC(C)(C)C.CCC[C@@H](N)C(=O)O.CCC[C@@H](NC(=O)OC(C)(C)C)C(=O)O.O=CO[O-].[H-].[Na+].[Na+]. The van der Waals surface area contributed by atoms with Gasteiger partial charge in [-0.15, -0.1) is 0 Å². The van der Waals surface area contributed by atoms with Crippen molar-refractivity contribution in [3.8, 4) is 0 Å². The van der Waals surface area contributed by atoms with Gasteiger partial charge in [0, 0.05) is 0 Å². The second-order valence-corrected chi connectivity index (χ2v) is 11.3. The molecule has 44 heavy (non-hydrogen) atoms. The molecule has 0 radical (unpaired) electrons. The monoisotopic (exact) mass is 660 g/mol. The molecule has 250 valence electrons. The maximum absolute atomic E-state index is 11.3. The predicted molar refractivity (Wildman–Crippen MR) is 148 cm³/mol. The van der Waals surface area contributed by atoms with Gasteiger partial charge in [0.15, 0.2) is 0 Å². The van der Waals surface area contributed by atoms with Crippen molar-refractivity contribution in [1.29, 1.82) is 0 Å². The van der Waals surface area contributed by atoms with Gasteiger partial charge in [-0.05, 0) is 75.2 Å². The number of carbonyl (C=O) groups is 6. The number of hydrogen-bond donors (Lipinski definition) is 4. The van der Waals surface area contributed by atoms with Crippen LogP contribution in [0.2, 0.25) is 0 Å². The van der Waals surface area contributed by atoms with Crippen molar-refractivity contribution < 1.29 is 129 Å². The number of carbonyl (C=O) groups excluding carboxylic acids is 4. The van der Waals surface area contributed by atoms with Crippen molar-refractivity contribution in [3.63, 3.8) is 0 Å². The third-order valence-corrected chi connectivity index (χ3v) is 3.47. The fourth-order valence-electron chi connectivity index (χ4n) is 2.04. The summed E-state index contributed by atoms with van der Waals surface area (Å²) in [5, 5.41) is 27.7. The van der Waals surface area contributed by atoms with Crippen LogP contribution >= 0.6 is 0 Å². The second-order valence-electron chi connectivity index (χ2n) is 11.3. The summed E-state index contributed by atoms with van der Waals surface area (Å²) >= 11 is 0. The Morgan fingerprint density at radius 2 is 1.11 bits per heavy atom. The van der Waals surface area contributed by atoms with Gasteiger partial charge in [-0.3, -0.25) is 9.59 Å². The standard InChI is InChI=1S/C10H19NO4.C10H18O5.C5H11NO2.CH2O3.2Na.H/c1-5-6-7(8(12)13)11-9(14)15-10(2,3)4;1-9(2,3)14-7(11)13-8(12)15-10(4,5)6;1-2-3-4(6)5(7)8;2-1-4-3;;;/h7H,5-6H2,1-4H3,(H,11,14)(H,12,13);1-6H3;4H,2-3,6H2,1H3,(H,7,8);1,3H;;;/q;;;;2*+1;-1/p-1/t7-;;4-;;;;/m1.1..../s1. The van der Waals surface area contributed by atoms with E-state index in [2.05, 4.69) is 14.9 Å². The van der Waals surface area contributed by atoms with E-state index in [1.165, 1.54) is 0 Å². The number of rotatable bonds is 8. The van der Waals surface area contributed by atoms with E-state index in [1.54, 1.807) is 62.3 Å². The number of carboxylic acid groups (broad SMARTS) is 2. The molecule has 0 unspecified atom stereocenters. The van der Waals surface area contributed by atoms with Crippen LogP contribution in [0.15, 0.2) is 0 Å². The van der Waals surface area contributed by atoms with Crippen LogP contribution in [-0.2, 0) is 38.2 Å². The summed E-state index contributed by atoms with van der Waals surface area (Å²) in [5.74, 6) is -1.95. The molecule has 0 saturated heterocycles. The second kappa shape index (κ2) is 28.8. The smallest absolute Gasteiger partial charge is 1.00 e. The van der Waals surface area contributed by atoms with Gasteiger partial charge < -0.3 is 51.8 Å². The topological polar surface area (TPSA) is 250 Å². The van der Waals surface area contributed by atoms with Crippen molar-refractivity contribution >= 4 is 36.8 Å². The molecule has 0 spiro atoms. The van der Waals surface area contributed by atoms with Crippen molar-refractivity contribution in [2.24, 2.45) is 5.73 Å². The predicted octanol–water partition coefficient (Wildman–Crippen LogP) is -2.61. The van der Waals surface area contributed by atoms with Gasteiger partial charge in [-0.1, -0.05) is 26.7 Å². The fourth-order valence-corrected chi connectivity index (χ4v) is 2.04. The first-order valence-electron chi connectivity index (χ1n) is 12.9. The summed E-state index contributed by atoms with van der Waals surface area (Å²) in [7, 11) is 0. The number of nitrogens with one attached hydrogen (secondary N) is 1. The molecule has 0 aliphatic heterocycles. The summed E-state index contributed by atoms with van der Waals surface area (Å²) < 4.78 is 18.8. The quantitative estimate of drug-likeness (QED) is 0.0396. The first-order valence-corrected chi connectivity index (χ1v) is 12.9. The Kier molecular flexibility index (Phi) is 35.9. The number of hydrogen-bond acceptors (Lipinski definition) is 13. The molecule has 0 saturated carbocycles. The molecule has 0 aromatic carbocycles. The van der Waals surface area contributed by atoms with Gasteiger partial charge in [-0.2, -0.15) is 0 Å². The molecule has 1 amide bonds. The Morgan fingerprint density at radius 3 is 1.32 bits per heavy atom. The average molecular weight is 661 g/mol. The Hall–Kier alpha value is -1.66. The zero-order valence-electron chi connectivity index (χ0n) is 29.4. The van der Waals surface area contributed by atoms with Gasteiger partial charge in [0.1, 0.15) is 28.9 Å². The molecule has 0 bridgehead atoms. The minimum Gasteiger partial charge on any atom is -1.00 e. The molecule has 0 aliphatic carbocycles. The zero-order chi connectivity index (χ0) is 34.3. The van der Waals surface area contributed by atoms with Crippen LogP contribution < -0.4 is 75.4 Å². The van der Waals surface area contributed by atoms with Gasteiger partial charge in [0.05, 0.1) is 0 Å². The Labute approximate surface area is 305 Å². The van der Waals surface area contributed by atoms with Gasteiger partial charge >= 0.3 is 89.5 Å². The van der Waals surface area contributed by atoms with E-state index in [1.807, 2.05) is 13.8 Å². The number of nitrogens with two attached hydrogens (primary N) is 1. The summed E-state index contributed by atoms with van der Waals surface area (Å²) in [6.45, 7) is 18.8. The van der Waals surface area contributed by atoms with Crippen molar-refractivity contribution in [3.05, 3.63) is 0 Å². The fraction of sp³-hybridized carbons (Fsp3) is 0.769. The number of amides is 1. The van der Waals surface area contributed by atoms with E-state index >= 15 is 0 Å². The third-order valence-electron chi connectivity index (χ3n) is 3.47. The van der Waals surface area contributed by atoms with Crippen LogP contribution in [0.4, 0.5) is 14.4 Å². The molecule has 0 heterocycles. The Balaban J connectivity index is -0.0000000909. The summed E-state index contributed by atoms with van der Waals surface area (Å²) in [6.07, 6.45) is -0.332. The molecule has 0 rings (SSSR count). The number of aliphatic carboxylic acids is 2. The zero-order valence-corrected chi connectivity index (χ0v) is 32.4. The van der Waals surface area contributed by atoms with E-state index in [4.69, 9.17) is 40.2 Å². The van der Waals surface area contributed by atoms with Crippen LogP contribution in [0.5, 0.6) is 0 Å². The first-order chi connectivity index (χ1) is 18.8. The number of ether oxygens (including phenoxy) is 4. The minimum atomic E-state index is -1.06. The van der Waals surface area contributed by atoms with E-state index in [9.17, 15) is 24.0 Å². The number of carboxylic acids is 2. The molecule has 16 nitrogen and oxygen atoms in total. The first kappa shape index (κ1) is 54.8.